The predicted molar refractivity (Wildman–Crippen MR) is 119 cm³/mol. The molecule has 0 unspecified atom stereocenters. The monoisotopic (exact) mass is 412 g/mol. The number of carbonyl (C=O) groups excluding carboxylic acids is 2. The van der Waals surface area contributed by atoms with Crippen LogP contribution in [0.25, 0.3) is 0 Å². The number of hydrogen-bond donors (Lipinski definition) is 2. The second-order valence-corrected chi connectivity index (χ2v) is 7.63. The van der Waals surface area contributed by atoms with Crippen LogP contribution in [-0.4, -0.2) is 64.2 Å². The number of para-hydroxylation sites is 1. The highest BCUT2D eigenvalue weighted by molar-refractivity contribution is 5.99. The summed E-state index contributed by atoms with van der Waals surface area (Å²) in [5.74, 6) is 0.850. The number of hydrogen-bond acceptors (Lipinski definition) is 4. The Bertz CT molecular complexity index is 853. The molecule has 2 heterocycles. The van der Waals surface area contributed by atoms with Crippen LogP contribution in [0.1, 0.15) is 38.3 Å². The van der Waals surface area contributed by atoms with Crippen LogP contribution in [-0.2, 0) is 4.79 Å². The molecule has 3 rings (SSSR count). The summed E-state index contributed by atoms with van der Waals surface area (Å²) in [5, 5.41) is 10.2. The third-order valence-electron chi connectivity index (χ3n) is 5.72. The Balaban J connectivity index is 1.55. The van der Waals surface area contributed by atoms with Crippen molar-refractivity contribution in [3.05, 3.63) is 42.1 Å². The maximum absolute atomic E-state index is 12.5. The molecule has 0 saturated carbocycles. The summed E-state index contributed by atoms with van der Waals surface area (Å²) in [4.78, 5) is 29.1. The third-order valence-corrected chi connectivity index (χ3v) is 5.72. The molecule has 1 aliphatic heterocycles. The third kappa shape index (κ3) is 5.38. The Kier molecular flexibility index (Phi) is 7.46. The first-order chi connectivity index (χ1) is 14.5. The summed E-state index contributed by atoms with van der Waals surface area (Å²) in [6.07, 6.45) is 3.33. The van der Waals surface area contributed by atoms with Gasteiger partial charge in [-0.25, -0.2) is 9.48 Å². The highest BCUT2D eigenvalue weighted by Gasteiger charge is 2.26. The summed E-state index contributed by atoms with van der Waals surface area (Å²) in [7, 11) is 0. The molecule has 0 radical (unpaired) electrons. The van der Waals surface area contributed by atoms with Crippen LogP contribution in [0.5, 0.6) is 0 Å². The standard InChI is InChI=1S/C22H32N6O2/c1-4-26(5-2)16-21(29)27-14-11-18(12-15-27)28-20(10-13-23-28)25-22(30)24-19-9-7-6-8-17(19)3/h6-10,13,18H,4-5,11-12,14-16H2,1-3H3,(H2,24,25,30). The van der Waals surface area contributed by atoms with E-state index < -0.39 is 0 Å². The van der Waals surface area contributed by atoms with E-state index in [2.05, 4.69) is 34.5 Å². The Labute approximate surface area is 178 Å². The summed E-state index contributed by atoms with van der Waals surface area (Å²) < 4.78 is 1.86. The number of rotatable bonds is 7. The number of benzene rings is 1. The molecule has 0 atom stereocenters. The second kappa shape index (κ2) is 10.2. The maximum atomic E-state index is 12.5. The quantitative estimate of drug-likeness (QED) is 0.731. The lowest BCUT2D eigenvalue weighted by molar-refractivity contribution is -0.133. The zero-order valence-electron chi connectivity index (χ0n) is 18.1. The second-order valence-electron chi connectivity index (χ2n) is 7.63. The van der Waals surface area contributed by atoms with Crippen LogP contribution in [0.3, 0.4) is 0 Å². The Morgan fingerprint density at radius 1 is 1.10 bits per heavy atom. The van der Waals surface area contributed by atoms with Gasteiger partial charge in [-0.15, -0.1) is 0 Å². The topological polar surface area (TPSA) is 82.5 Å². The fourth-order valence-electron chi connectivity index (χ4n) is 3.79. The van der Waals surface area contributed by atoms with Crippen molar-refractivity contribution in [2.24, 2.45) is 0 Å². The molecule has 1 saturated heterocycles. The summed E-state index contributed by atoms with van der Waals surface area (Å²) in [5.41, 5.74) is 1.78. The first-order valence-electron chi connectivity index (χ1n) is 10.7. The van der Waals surface area contributed by atoms with E-state index in [1.54, 1.807) is 12.3 Å². The number of aromatic nitrogens is 2. The van der Waals surface area contributed by atoms with Gasteiger partial charge in [0.15, 0.2) is 0 Å². The molecule has 0 spiro atoms. The van der Waals surface area contributed by atoms with Gasteiger partial charge in [-0.1, -0.05) is 32.0 Å². The lowest BCUT2D eigenvalue weighted by atomic mass is 10.1. The zero-order valence-corrected chi connectivity index (χ0v) is 18.1. The predicted octanol–water partition coefficient (Wildman–Crippen LogP) is 3.34. The number of carbonyl (C=O) groups is 2. The number of likely N-dealkylation sites (N-methyl/N-ethyl adjacent to an activating group) is 1. The normalized spacial score (nSPS) is 14.7. The molecule has 8 nitrogen and oxygen atoms in total. The van der Waals surface area contributed by atoms with Gasteiger partial charge in [0.1, 0.15) is 5.82 Å². The lowest BCUT2D eigenvalue weighted by Gasteiger charge is -2.34. The highest BCUT2D eigenvalue weighted by Crippen LogP contribution is 2.25. The van der Waals surface area contributed by atoms with Gasteiger partial charge in [-0.2, -0.15) is 5.10 Å². The van der Waals surface area contributed by atoms with Gasteiger partial charge in [0.25, 0.3) is 0 Å². The number of urea groups is 1. The largest absolute Gasteiger partial charge is 0.341 e. The van der Waals surface area contributed by atoms with E-state index >= 15 is 0 Å². The minimum atomic E-state index is -0.294. The minimum Gasteiger partial charge on any atom is -0.341 e. The molecule has 30 heavy (non-hydrogen) atoms. The van der Waals surface area contributed by atoms with Crippen LogP contribution >= 0.6 is 0 Å². The van der Waals surface area contributed by atoms with Gasteiger partial charge in [-0.3, -0.25) is 15.0 Å². The first kappa shape index (κ1) is 21.8. The maximum Gasteiger partial charge on any atom is 0.324 e. The van der Waals surface area contributed by atoms with E-state index in [0.717, 1.165) is 37.2 Å². The molecule has 1 fully saturated rings. The van der Waals surface area contributed by atoms with E-state index in [9.17, 15) is 9.59 Å². The van der Waals surface area contributed by atoms with Crippen LogP contribution < -0.4 is 10.6 Å². The number of amides is 3. The van der Waals surface area contributed by atoms with Crippen molar-refractivity contribution in [1.82, 2.24) is 19.6 Å². The molecular formula is C22H32N6O2. The Hall–Kier alpha value is -2.87. The van der Waals surface area contributed by atoms with E-state index in [0.29, 0.717) is 25.5 Å². The smallest absolute Gasteiger partial charge is 0.324 e. The summed E-state index contributed by atoms with van der Waals surface area (Å²) >= 11 is 0. The number of piperidine rings is 1. The molecule has 1 aromatic heterocycles. The number of nitrogens with one attached hydrogen (secondary N) is 2. The summed E-state index contributed by atoms with van der Waals surface area (Å²) in [6, 6.07) is 9.32. The minimum absolute atomic E-state index is 0.159. The van der Waals surface area contributed by atoms with Gasteiger partial charge >= 0.3 is 6.03 Å². The fraction of sp³-hybridized carbons (Fsp3) is 0.500. The van der Waals surface area contributed by atoms with Crippen molar-refractivity contribution in [2.75, 3.05) is 43.4 Å². The Morgan fingerprint density at radius 2 is 1.80 bits per heavy atom. The average molecular weight is 413 g/mol. The van der Waals surface area contributed by atoms with Crippen molar-refractivity contribution < 1.29 is 9.59 Å². The molecule has 0 bridgehead atoms. The molecule has 1 aliphatic rings. The van der Waals surface area contributed by atoms with Gasteiger partial charge < -0.3 is 10.2 Å². The van der Waals surface area contributed by atoms with E-state index in [-0.39, 0.29) is 18.0 Å². The molecule has 1 aromatic carbocycles. The van der Waals surface area contributed by atoms with Gasteiger partial charge in [-0.05, 0) is 44.5 Å². The molecular weight excluding hydrogens is 380 g/mol. The molecule has 2 N–H and O–H groups in total. The van der Waals surface area contributed by atoms with Crippen molar-refractivity contribution in [3.63, 3.8) is 0 Å². The number of anilines is 2. The van der Waals surface area contributed by atoms with Gasteiger partial charge in [0, 0.05) is 24.8 Å². The number of likely N-dealkylation sites (tertiary alicyclic amines) is 1. The number of nitrogens with zero attached hydrogens (tertiary/aromatic N) is 4. The van der Waals surface area contributed by atoms with Crippen molar-refractivity contribution in [2.45, 2.75) is 39.7 Å². The van der Waals surface area contributed by atoms with Crippen molar-refractivity contribution >= 4 is 23.4 Å². The van der Waals surface area contributed by atoms with E-state index in [1.165, 1.54) is 0 Å². The van der Waals surface area contributed by atoms with Gasteiger partial charge in [0.2, 0.25) is 5.91 Å². The van der Waals surface area contributed by atoms with E-state index in [1.807, 2.05) is 40.8 Å². The van der Waals surface area contributed by atoms with Crippen molar-refractivity contribution in [3.8, 4) is 0 Å². The van der Waals surface area contributed by atoms with Crippen LogP contribution in [0, 0.1) is 6.92 Å². The van der Waals surface area contributed by atoms with Crippen LogP contribution in [0.4, 0.5) is 16.3 Å². The molecule has 0 aliphatic carbocycles. The lowest BCUT2D eigenvalue weighted by Crippen LogP contribution is -2.44. The zero-order chi connectivity index (χ0) is 21.5. The van der Waals surface area contributed by atoms with Crippen LogP contribution in [0.2, 0.25) is 0 Å². The Morgan fingerprint density at radius 3 is 2.47 bits per heavy atom. The highest BCUT2D eigenvalue weighted by atomic mass is 16.2. The SMILES string of the molecule is CCN(CC)CC(=O)N1CCC(n2nccc2NC(=O)Nc2ccccc2C)CC1. The van der Waals surface area contributed by atoms with Gasteiger partial charge in [0.05, 0.1) is 18.8 Å². The first-order valence-corrected chi connectivity index (χ1v) is 10.7. The van der Waals surface area contributed by atoms with E-state index in [4.69, 9.17) is 0 Å². The molecule has 162 valence electrons. The number of aryl methyl sites for hydroxylation is 1. The summed E-state index contributed by atoms with van der Waals surface area (Å²) in [6.45, 7) is 9.76. The van der Waals surface area contributed by atoms with Crippen LogP contribution in [0.15, 0.2) is 36.5 Å². The molecule has 2 aromatic rings. The molecule has 3 amide bonds. The average Bonchev–Trinajstić information content (AvgIpc) is 3.21. The fourth-order valence-corrected chi connectivity index (χ4v) is 3.79. The van der Waals surface area contributed by atoms with Crippen molar-refractivity contribution in [1.29, 1.82) is 0 Å². The molecule has 8 heteroatoms.